The third-order valence-corrected chi connectivity index (χ3v) is 4.45. The van der Waals surface area contributed by atoms with Crippen LogP contribution >= 0.6 is 11.3 Å². The third-order valence-electron chi connectivity index (χ3n) is 3.87. The molecule has 1 aliphatic carbocycles. The Morgan fingerprint density at radius 1 is 1.32 bits per heavy atom. The van der Waals surface area contributed by atoms with Crippen molar-refractivity contribution in [2.75, 3.05) is 11.9 Å². The van der Waals surface area contributed by atoms with Crippen molar-refractivity contribution in [2.24, 2.45) is 5.92 Å². The lowest BCUT2D eigenvalue weighted by Gasteiger charge is -2.22. The number of hydrogen-bond acceptors (Lipinski definition) is 5. The highest BCUT2D eigenvalue weighted by atomic mass is 32.1. The number of thiazole rings is 1. The largest absolute Gasteiger partial charge is 0.489 e. The van der Waals surface area contributed by atoms with Crippen LogP contribution < -0.4 is 10.1 Å². The lowest BCUT2D eigenvalue weighted by atomic mass is 9.90. The Morgan fingerprint density at radius 2 is 2.18 bits per heavy atom. The Morgan fingerprint density at radius 3 is 2.95 bits per heavy atom. The fourth-order valence-corrected chi connectivity index (χ4v) is 3.19. The van der Waals surface area contributed by atoms with E-state index in [9.17, 15) is 4.79 Å². The quantitative estimate of drug-likeness (QED) is 0.912. The van der Waals surface area contributed by atoms with Crippen molar-refractivity contribution < 1.29 is 9.53 Å². The summed E-state index contributed by atoms with van der Waals surface area (Å²) in [4.78, 5) is 20.3. The molecule has 0 aromatic carbocycles. The lowest BCUT2D eigenvalue weighted by molar-refractivity contribution is 0.102. The van der Waals surface area contributed by atoms with Gasteiger partial charge >= 0.3 is 0 Å². The summed E-state index contributed by atoms with van der Waals surface area (Å²) in [6.45, 7) is 0.686. The van der Waals surface area contributed by atoms with E-state index >= 15 is 0 Å². The predicted octanol–water partition coefficient (Wildman–Crippen LogP) is 3.75. The molecule has 1 saturated carbocycles. The summed E-state index contributed by atoms with van der Waals surface area (Å²) < 4.78 is 5.90. The van der Waals surface area contributed by atoms with Crippen LogP contribution in [0.3, 0.4) is 0 Å². The Hall–Kier alpha value is -1.95. The van der Waals surface area contributed by atoms with Gasteiger partial charge in [-0.1, -0.05) is 19.3 Å². The van der Waals surface area contributed by atoms with Crippen molar-refractivity contribution in [1.29, 1.82) is 0 Å². The zero-order chi connectivity index (χ0) is 15.2. The first-order valence-electron chi connectivity index (χ1n) is 7.60. The van der Waals surface area contributed by atoms with Gasteiger partial charge in [0.05, 0.1) is 12.1 Å². The molecule has 0 atom stereocenters. The van der Waals surface area contributed by atoms with E-state index in [2.05, 4.69) is 15.3 Å². The number of ether oxygens (including phenoxy) is 1. The molecule has 1 N–H and O–H groups in total. The molecule has 0 bridgehead atoms. The summed E-state index contributed by atoms with van der Waals surface area (Å²) in [6.07, 6.45) is 7.99. The molecule has 1 fully saturated rings. The molecule has 3 rings (SSSR count). The zero-order valence-electron chi connectivity index (χ0n) is 12.3. The van der Waals surface area contributed by atoms with Crippen LogP contribution in [0.25, 0.3) is 0 Å². The average Bonchev–Trinajstić information content (AvgIpc) is 3.10. The number of carbonyl (C=O) groups excluding carboxylic acids is 1. The number of carbonyl (C=O) groups is 1. The van der Waals surface area contributed by atoms with Crippen molar-refractivity contribution in [1.82, 2.24) is 9.97 Å². The summed E-state index contributed by atoms with van der Waals surface area (Å²) in [5.41, 5.74) is 2.03. The van der Waals surface area contributed by atoms with Crippen molar-refractivity contribution in [2.45, 2.75) is 32.1 Å². The second-order valence-corrected chi connectivity index (χ2v) is 6.21. The van der Waals surface area contributed by atoms with Crippen LogP contribution in [0.5, 0.6) is 5.75 Å². The Labute approximate surface area is 133 Å². The Bertz CT molecular complexity index is 610. The van der Waals surface area contributed by atoms with Gasteiger partial charge in [0.2, 0.25) is 0 Å². The molecule has 1 amide bonds. The van der Waals surface area contributed by atoms with Gasteiger partial charge in [-0.2, -0.15) is 0 Å². The third kappa shape index (κ3) is 3.82. The smallest absolute Gasteiger partial charge is 0.276 e. The fourth-order valence-electron chi connectivity index (χ4n) is 2.66. The monoisotopic (exact) mass is 317 g/mol. The van der Waals surface area contributed by atoms with Gasteiger partial charge in [0.15, 0.2) is 11.6 Å². The molecule has 2 heterocycles. The van der Waals surface area contributed by atoms with E-state index in [-0.39, 0.29) is 5.91 Å². The molecule has 1 aliphatic rings. The van der Waals surface area contributed by atoms with Crippen molar-refractivity contribution in [3.63, 3.8) is 0 Å². The standard InChI is InChI=1S/C16H19N3O2S/c20-16(13-10-22-11-18-13)19-15-14(7-4-8-17-15)21-9-12-5-2-1-3-6-12/h4,7-8,10-12H,1-3,5-6,9H2,(H,17,19,20). The van der Waals surface area contributed by atoms with Crippen LogP contribution in [0.2, 0.25) is 0 Å². The van der Waals surface area contributed by atoms with Crippen LogP contribution in [0.4, 0.5) is 5.82 Å². The first kappa shape index (κ1) is 15.0. The highest BCUT2D eigenvalue weighted by molar-refractivity contribution is 7.07. The number of hydrogen-bond donors (Lipinski definition) is 1. The van der Waals surface area contributed by atoms with Crippen LogP contribution in [0.1, 0.15) is 42.6 Å². The molecule has 0 unspecified atom stereocenters. The number of nitrogens with one attached hydrogen (secondary N) is 1. The summed E-state index contributed by atoms with van der Waals surface area (Å²) in [5.74, 6) is 1.42. The van der Waals surface area contributed by atoms with E-state index < -0.39 is 0 Å². The van der Waals surface area contributed by atoms with E-state index in [1.165, 1.54) is 43.4 Å². The minimum absolute atomic E-state index is 0.262. The van der Waals surface area contributed by atoms with Crippen molar-refractivity contribution in [3.8, 4) is 5.75 Å². The lowest BCUT2D eigenvalue weighted by Crippen LogP contribution is -2.18. The van der Waals surface area contributed by atoms with E-state index in [0.29, 0.717) is 29.8 Å². The second kappa shape index (κ2) is 7.35. The summed E-state index contributed by atoms with van der Waals surface area (Å²) in [5, 5.41) is 4.48. The minimum atomic E-state index is -0.262. The predicted molar refractivity (Wildman–Crippen MR) is 86.4 cm³/mol. The average molecular weight is 317 g/mol. The summed E-state index contributed by atoms with van der Waals surface area (Å²) in [6, 6.07) is 3.65. The molecule has 0 aliphatic heterocycles. The molecule has 116 valence electrons. The van der Waals surface area contributed by atoms with E-state index in [1.807, 2.05) is 12.1 Å². The maximum atomic E-state index is 12.1. The van der Waals surface area contributed by atoms with E-state index in [1.54, 1.807) is 17.1 Å². The number of rotatable bonds is 5. The van der Waals surface area contributed by atoms with E-state index in [0.717, 1.165) is 0 Å². The SMILES string of the molecule is O=C(Nc1ncccc1OCC1CCCCC1)c1cscn1. The highest BCUT2D eigenvalue weighted by Gasteiger charge is 2.16. The summed E-state index contributed by atoms with van der Waals surface area (Å²) >= 11 is 1.39. The van der Waals surface area contributed by atoms with Gasteiger partial charge in [-0.15, -0.1) is 11.3 Å². The zero-order valence-corrected chi connectivity index (χ0v) is 13.1. The maximum Gasteiger partial charge on any atom is 0.276 e. The van der Waals surface area contributed by atoms with Gasteiger partial charge < -0.3 is 10.1 Å². The summed E-state index contributed by atoms with van der Waals surface area (Å²) in [7, 11) is 0. The van der Waals surface area contributed by atoms with Gasteiger partial charge in [-0.3, -0.25) is 4.79 Å². The Balaban J connectivity index is 1.63. The first-order chi connectivity index (χ1) is 10.8. The van der Waals surface area contributed by atoms with Crippen LogP contribution in [0, 0.1) is 5.92 Å². The minimum Gasteiger partial charge on any atom is -0.489 e. The maximum absolute atomic E-state index is 12.1. The number of anilines is 1. The molecule has 0 saturated heterocycles. The van der Waals surface area contributed by atoms with Gasteiger partial charge in [0.1, 0.15) is 5.69 Å². The molecule has 0 radical (unpaired) electrons. The number of amides is 1. The van der Waals surface area contributed by atoms with E-state index in [4.69, 9.17) is 4.74 Å². The first-order valence-corrected chi connectivity index (χ1v) is 8.54. The van der Waals surface area contributed by atoms with Gasteiger partial charge in [0, 0.05) is 11.6 Å². The van der Waals surface area contributed by atoms with Crippen molar-refractivity contribution in [3.05, 3.63) is 34.9 Å². The van der Waals surface area contributed by atoms with Crippen LogP contribution in [-0.2, 0) is 0 Å². The van der Waals surface area contributed by atoms with Gasteiger partial charge in [-0.05, 0) is 30.9 Å². The molecule has 22 heavy (non-hydrogen) atoms. The van der Waals surface area contributed by atoms with Crippen molar-refractivity contribution >= 4 is 23.1 Å². The fraction of sp³-hybridized carbons (Fsp3) is 0.438. The normalized spacial score (nSPS) is 15.5. The molecule has 2 aromatic heterocycles. The molecular formula is C16H19N3O2S. The number of pyridine rings is 1. The second-order valence-electron chi connectivity index (χ2n) is 5.49. The van der Waals surface area contributed by atoms with Crippen LogP contribution in [-0.4, -0.2) is 22.5 Å². The molecule has 6 heteroatoms. The van der Waals surface area contributed by atoms with Gasteiger partial charge in [0.25, 0.3) is 5.91 Å². The molecule has 5 nitrogen and oxygen atoms in total. The number of nitrogens with zero attached hydrogens (tertiary/aromatic N) is 2. The highest BCUT2D eigenvalue weighted by Crippen LogP contribution is 2.27. The van der Waals surface area contributed by atoms with Crippen LogP contribution in [0.15, 0.2) is 29.2 Å². The topological polar surface area (TPSA) is 64.1 Å². The number of aromatic nitrogens is 2. The Kier molecular flexibility index (Phi) is 5.00. The molecule has 2 aromatic rings. The van der Waals surface area contributed by atoms with Gasteiger partial charge in [-0.25, -0.2) is 9.97 Å². The molecular weight excluding hydrogens is 298 g/mol. The molecule has 0 spiro atoms.